The van der Waals surface area contributed by atoms with Gasteiger partial charge in [0.05, 0.1) is 25.0 Å². The van der Waals surface area contributed by atoms with E-state index in [-0.39, 0.29) is 30.0 Å². The van der Waals surface area contributed by atoms with Crippen molar-refractivity contribution in [1.29, 1.82) is 0 Å². The molecule has 1 amide bonds. The minimum Gasteiger partial charge on any atom is -0.508 e. The first-order chi connectivity index (χ1) is 15.5. The molecule has 166 valence electrons. The van der Waals surface area contributed by atoms with Crippen molar-refractivity contribution in [2.24, 2.45) is 0 Å². The summed E-state index contributed by atoms with van der Waals surface area (Å²) in [5.74, 6) is -0.00920. The first-order valence-corrected chi connectivity index (χ1v) is 10.9. The summed E-state index contributed by atoms with van der Waals surface area (Å²) in [4.78, 5) is 26.4. The Labute approximate surface area is 185 Å². The Hall–Kier alpha value is -3.42. The number of phenolic OH excluding ortho intramolecular Hbond substituents is 1. The third-order valence-corrected chi connectivity index (χ3v) is 6.37. The van der Waals surface area contributed by atoms with Gasteiger partial charge in [0, 0.05) is 24.5 Å². The van der Waals surface area contributed by atoms with Crippen LogP contribution in [0.1, 0.15) is 47.3 Å². The van der Waals surface area contributed by atoms with Crippen molar-refractivity contribution in [2.45, 2.75) is 39.2 Å². The van der Waals surface area contributed by atoms with E-state index in [0.717, 1.165) is 38.8 Å². The topological polar surface area (TPSA) is 78.8 Å². The molecule has 3 heterocycles. The van der Waals surface area contributed by atoms with E-state index in [1.54, 1.807) is 24.0 Å². The second-order valence-corrected chi connectivity index (χ2v) is 8.38. The molecule has 1 aromatic heterocycles. The molecule has 0 aliphatic carbocycles. The van der Waals surface area contributed by atoms with Gasteiger partial charge < -0.3 is 19.6 Å². The molecule has 2 aromatic carbocycles. The number of ether oxygens (including phenoxy) is 1. The number of phenols is 1. The summed E-state index contributed by atoms with van der Waals surface area (Å²) in [6.07, 6.45) is 4.38. The number of hydrogen-bond donors (Lipinski definition) is 1. The zero-order valence-corrected chi connectivity index (χ0v) is 18.2. The normalized spacial score (nSPS) is 16.4. The maximum absolute atomic E-state index is 14.4. The number of methoxy groups -OCH3 is 1. The van der Waals surface area contributed by atoms with E-state index in [2.05, 4.69) is 14.9 Å². The number of aromatic nitrogens is 2. The molecule has 0 atom stereocenters. The lowest BCUT2D eigenvalue weighted by atomic mass is 10.0. The van der Waals surface area contributed by atoms with Crippen molar-refractivity contribution in [3.05, 3.63) is 46.9 Å². The predicted octanol–water partition coefficient (Wildman–Crippen LogP) is 4.33. The lowest BCUT2D eigenvalue weighted by Crippen LogP contribution is -2.29. The largest absolute Gasteiger partial charge is 0.508 e. The number of hydrogen-bond acceptors (Lipinski definition) is 6. The van der Waals surface area contributed by atoms with E-state index >= 15 is 0 Å². The van der Waals surface area contributed by atoms with Crippen LogP contribution in [0, 0.1) is 12.7 Å². The number of fused-ring (bicyclic) bond motifs is 2. The molecule has 0 spiro atoms. The van der Waals surface area contributed by atoms with Gasteiger partial charge in [0.1, 0.15) is 22.9 Å². The van der Waals surface area contributed by atoms with E-state index in [4.69, 9.17) is 4.74 Å². The van der Waals surface area contributed by atoms with Crippen LogP contribution in [0.15, 0.2) is 24.3 Å². The molecule has 32 heavy (non-hydrogen) atoms. The molecule has 0 radical (unpaired) electrons. The quantitative estimate of drug-likeness (QED) is 0.658. The number of anilines is 2. The van der Waals surface area contributed by atoms with Crippen molar-refractivity contribution < 1.29 is 19.0 Å². The van der Waals surface area contributed by atoms with Gasteiger partial charge in [0.25, 0.3) is 5.91 Å². The molecule has 8 heteroatoms. The van der Waals surface area contributed by atoms with E-state index < -0.39 is 0 Å². The lowest BCUT2D eigenvalue weighted by molar-refractivity contribution is 0.0997. The number of halogens is 1. The van der Waals surface area contributed by atoms with Crippen LogP contribution in [0.25, 0.3) is 10.8 Å². The van der Waals surface area contributed by atoms with Gasteiger partial charge in [-0.1, -0.05) is 18.9 Å². The molecule has 7 nitrogen and oxygen atoms in total. The van der Waals surface area contributed by atoms with Crippen LogP contribution in [-0.2, 0) is 6.54 Å². The SMILES string of the molecule is COc1nc2c(c(N3CCCCCC3)n1)C(=O)N(c1cc(O)cc3ccc(F)c(C)c13)C2. The second kappa shape index (κ2) is 7.93. The lowest BCUT2D eigenvalue weighted by Gasteiger charge is -2.24. The Morgan fingerprint density at radius 3 is 2.56 bits per heavy atom. The summed E-state index contributed by atoms with van der Waals surface area (Å²) in [5.41, 5.74) is 1.92. The highest BCUT2D eigenvalue weighted by Gasteiger charge is 2.37. The van der Waals surface area contributed by atoms with Crippen molar-refractivity contribution in [2.75, 3.05) is 30.0 Å². The van der Waals surface area contributed by atoms with Crippen LogP contribution in [0.2, 0.25) is 0 Å². The zero-order valence-electron chi connectivity index (χ0n) is 18.2. The van der Waals surface area contributed by atoms with Gasteiger partial charge in [0.15, 0.2) is 0 Å². The monoisotopic (exact) mass is 436 g/mol. The smallest absolute Gasteiger partial charge is 0.318 e. The molecule has 0 unspecified atom stereocenters. The minimum atomic E-state index is -0.361. The minimum absolute atomic E-state index is 0.0127. The maximum Gasteiger partial charge on any atom is 0.318 e. The summed E-state index contributed by atoms with van der Waals surface area (Å²) in [6, 6.07) is 6.29. The molecule has 0 saturated carbocycles. The summed E-state index contributed by atoms with van der Waals surface area (Å²) >= 11 is 0. The number of rotatable bonds is 3. The van der Waals surface area contributed by atoms with E-state index in [1.165, 1.54) is 19.2 Å². The number of aromatic hydroxyl groups is 1. The van der Waals surface area contributed by atoms with Gasteiger partial charge >= 0.3 is 6.01 Å². The molecule has 1 N–H and O–H groups in total. The standard InChI is InChI=1S/C24H25FN4O3/c1-14-17(25)8-7-15-11-16(30)12-19(20(14)15)29-13-18-21(23(29)31)22(27-24(26-18)32-2)28-9-5-3-4-6-10-28/h7-8,11-12,30H,3-6,9-10,13H2,1-2H3. The fourth-order valence-corrected chi connectivity index (χ4v) is 4.75. The van der Waals surface area contributed by atoms with Gasteiger partial charge in [-0.2, -0.15) is 9.97 Å². The van der Waals surface area contributed by atoms with Crippen LogP contribution in [0.4, 0.5) is 15.9 Å². The average Bonchev–Trinajstić information content (AvgIpc) is 2.94. The third-order valence-electron chi connectivity index (χ3n) is 6.37. The molecule has 0 bridgehead atoms. The van der Waals surface area contributed by atoms with Crippen molar-refractivity contribution >= 4 is 28.2 Å². The average molecular weight is 436 g/mol. The van der Waals surface area contributed by atoms with Crippen LogP contribution in [0.3, 0.4) is 0 Å². The molecule has 5 rings (SSSR count). The number of amides is 1. The molecule has 1 fully saturated rings. The van der Waals surface area contributed by atoms with Crippen LogP contribution in [0.5, 0.6) is 11.8 Å². The summed E-state index contributed by atoms with van der Waals surface area (Å²) < 4.78 is 19.7. The van der Waals surface area contributed by atoms with Gasteiger partial charge in [-0.05, 0) is 42.8 Å². The highest BCUT2D eigenvalue weighted by atomic mass is 19.1. The Kier molecular flexibility index (Phi) is 5.07. The Bertz CT molecular complexity index is 1220. The molecule has 2 aliphatic heterocycles. The van der Waals surface area contributed by atoms with Crippen molar-refractivity contribution in [3.8, 4) is 11.8 Å². The number of nitrogens with zero attached hydrogens (tertiary/aromatic N) is 4. The highest BCUT2D eigenvalue weighted by Crippen LogP contribution is 2.40. The predicted molar refractivity (Wildman–Crippen MR) is 120 cm³/mol. The third kappa shape index (κ3) is 3.30. The van der Waals surface area contributed by atoms with Gasteiger partial charge in [-0.25, -0.2) is 4.39 Å². The Balaban J connectivity index is 1.65. The van der Waals surface area contributed by atoms with E-state index in [9.17, 15) is 14.3 Å². The highest BCUT2D eigenvalue weighted by molar-refractivity contribution is 6.16. The number of benzene rings is 2. The molecular weight excluding hydrogens is 411 g/mol. The maximum atomic E-state index is 14.4. The summed E-state index contributed by atoms with van der Waals surface area (Å²) in [7, 11) is 1.51. The molecular formula is C24H25FN4O3. The van der Waals surface area contributed by atoms with Crippen LogP contribution >= 0.6 is 0 Å². The molecule has 3 aromatic rings. The van der Waals surface area contributed by atoms with Gasteiger partial charge in [0.2, 0.25) is 0 Å². The molecule has 2 aliphatic rings. The van der Waals surface area contributed by atoms with E-state index in [1.807, 2.05) is 0 Å². The fraction of sp³-hybridized carbons (Fsp3) is 0.375. The van der Waals surface area contributed by atoms with E-state index in [0.29, 0.717) is 39.1 Å². The molecule has 1 saturated heterocycles. The number of carbonyl (C=O) groups is 1. The van der Waals surface area contributed by atoms with Crippen LogP contribution in [-0.4, -0.2) is 41.2 Å². The zero-order chi connectivity index (χ0) is 22.4. The number of aryl methyl sites for hydroxylation is 1. The first kappa shape index (κ1) is 20.5. The second-order valence-electron chi connectivity index (χ2n) is 8.38. The fourth-order valence-electron chi connectivity index (χ4n) is 4.75. The summed E-state index contributed by atoms with van der Waals surface area (Å²) in [6.45, 7) is 3.51. The summed E-state index contributed by atoms with van der Waals surface area (Å²) in [5, 5.41) is 11.6. The number of carbonyl (C=O) groups excluding carboxylic acids is 1. The first-order valence-electron chi connectivity index (χ1n) is 10.9. The van der Waals surface area contributed by atoms with Gasteiger partial charge in [-0.3, -0.25) is 4.79 Å². The van der Waals surface area contributed by atoms with Crippen molar-refractivity contribution in [1.82, 2.24) is 9.97 Å². The van der Waals surface area contributed by atoms with Crippen molar-refractivity contribution in [3.63, 3.8) is 0 Å². The Morgan fingerprint density at radius 1 is 1.09 bits per heavy atom. The van der Waals surface area contributed by atoms with Gasteiger partial charge in [-0.15, -0.1) is 0 Å². The Morgan fingerprint density at radius 2 is 1.84 bits per heavy atom. The van der Waals surface area contributed by atoms with Crippen LogP contribution < -0.4 is 14.5 Å².